The minimum atomic E-state index is 0.0309. The van der Waals surface area contributed by atoms with Crippen LogP contribution in [0.15, 0.2) is 11.8 Å². The molecule has 0 radical (unpaired) electrons. The van der Waals surface area contributed by atoms with Crippen LogP contribution in [0.1, 0.15) is 58.8 Å². The Kier molecular flexibility index (Phi) is 3.15. The summed E-state index contributed by atoms with van der Waals surface area (Å²) in [4.78, 5) is 11.9. The zero-order valence-electron chi connectivity index (χ0n) is 13.9. The fourth-order valence-corrected chi connectivity index (χ4v) is 6.51. The second-order valence-corrected chi connectivity index (χ2v) is 8.74. The van der Waals surface area contributed by atoms with Gasteiger partial charge in [-0.25, -0.2) is 0 Å². The monoisotopic (exact) mass is 303 g/mol. The highest BCUT2D eigenvalue weighted by molar-refractivity contribution is 5.76. The molecule has 3 nitrogen and oxygen atoms in total. The van der Waals surface area contributed by atoms with Crippen molar-refractivity contribution in [1.29, 1.82) is 0 Å². The van der Waals surface area contributed by atoms with Crippen LogP contribution in [-0.2, 0) is 4.79 Å². The molecule has 0 unspecified atom stereocenters. The van der Waals surface area contributed by atoms with E-state index in [9.17, 15) is 9.90 Å². The average molecular weight is 303 g/mol. The van der Waals surface area contributed by atoms with Crippen LogP contribution in [0.4, 0.5) is 0 Å². The van der Waals surface area contributed by atoms with Crippen molar-refractivity contribution in [3.05, 3.63) is 11.8 Å². The van der Waals surface area contributed by atoms with Crippen LogP contribution in [0, 0.1) is 34.5 Å². The molecule has 1 heterocycles. The maximum Gasteiger partial charge on any atom is 0.220 e. The van der Waals surface area contributed by atoms with Crippen molar-refractivity contribution in [2.45, 2.75) is 58.8 Å². The van der Waals surface area contributed by atoms with Gasteiger partial charge in [-0.1, -0.05) is 13.8 Å². The van der Waals surface area contributed by atoms with Crippen LogP contribution in [-0.4, -0.2) is 17.6 Å². The minimum Gasteiger partial charge on any atom is -0.512 e. The fourth-order valence-electron chi connectivity index (χ4n) is 6.51. The van der Waals surface area contributed by atoms with E-state index in [0.29, 0.717) is 29.4 Å². The van der Waals surface area contributed by atoms with Gasteiger partial charge in [-0.2, -0.15) is 0 Å². The van der Waals surface area contributed by atoms with Gasteiger partial charge in [0, 0.05) is 18.4 Å². The van der Waals surface area contributed by atoms with E-state index in [2.05, 4.69) is 25.2 Å². The number of carbonyl (C=O) groups excluding carboxylic acids is 1. The molecule has 122 valence electrons. The lowest BCUT2D eigenvalue weighted by Crippen LogP contribution is -2.52. The maximum absolute atomic E-state index is 11.9. The Balaban J connectivity index is 1.64. The van der Waals surface area contributed by atoms with Gasteiger partial charge in [0.15, 0.2) is 0 Å². The van der Waals surface area contributed by atoms with Crippen molar-refractivity contribution in [3.8, 4) is 0 Å². The molecular weight excluding hydrogens is 274 g/mol. The van der Waals surface area contributed by atoms with Gasteiger partial charge in [0.25, 0.3) is 0 Å². The van der Waals surface area contributed by atoms with Gasteiger partial charge in [-0.05, 0) is 73.7 Å². The van der Waals surface area contributed by atoms with Crippen LogP contribution in [0.5, 0.6) is 0 Å². The molecule has 4 rings (SSSR count). The summed E-state index contributed by atoms with van der Waals surface area (Å²) in [5, 5.41) is 13.5. The second-order valence-electron chi connectivity index (χ2n) is 8.74. The predicted octanol–water partition coefficient (Wildman–Crippen LogP) is 3.81. The smallest absolute Gasteiger partial charge is 0.220 e. The Labute approximate surface area is 133 Å². The van der Waals surface area contributed by atoms with Crippen molar-refractivity contribution in [1.82, 2.24) is 5.32 Å². The quantitative estimate of drug-likeness (QED) is 0.715. The summed E-state index contributed by atoms with van der Waals surface area (Å²) in [6.07, 6.45) is 9.74. The molecule has 6 atom stereocenters. The van der Waals surface area contributed by atoms with Crippen molar-refractivity contribution >= 4 is 5.91 Å². The van der Waals surface area contributed by atoms with E-state index in [1.165, 1.54) is 19.3 Å². The third kappa shape index (κ3) is 1.83. The number of nitrogens with one attached hydrogen (secondary N) is 1. The van der Waals surface area contributed by atoms with Gasteiger partial charge < -0.3 is 10.4 Å². The molecule has 1 saturated heterocycles. The molecule has 2 saturated carbocycles. The number of fused-ring (bicyclic) bond motifs is 5. The van der Waals surface area contributed by atoms with E-state index >= 15 is 0 Å². The van der Waals surface area contributed by atoms with Crippen LogP contribution < -0.4 is 5.32 Å². The van der Waals surface area contributed by atoms with E-state index in [0.717, 1.165) is 37.6 Å². The van der Waals surface area contributed by atoms with Crippen molar-refractivity contribution in [2.75, 3.05) is 6.54 Å². The summed E-state index contributed by atoms with van der Waals surface area (Å²) >= 11 is 0. The molecule has 1 aliphatic heterocycles. The summed E-state index contributed by atoms with van der Waals surface area (Å²) in [5.74, 6) is 3.63. The molecule has 0 aromatic carbocycles. The van der Waals surface area contributed by atoms with Crippen LogP contribution in [0.25, 0.3) is 0 Å². The Hall–Kier alpha value is -0.990. The van der Waals surface area contributed by atoms with E-state index in [1.54, 1.807) is 0 Å². The van der Waals surface area contributed by atoms with Gasteiger partial charge in [-0.3, -0.25) is 4.79 Å². The Morgan fingerprint density at radius 1 is 1.18 bits per heavy atom. The van der Waals surface area contributed by atoms with Crippen LogP contribution in [0.2, 0.25) is 0 Å². The first kappa shape index (κ1) is 14.6. The van der Waals surface area contributed by atoms with Crippen molar-refractivity contribution in [3.63, 3.8) is 0 Å². The largest absolute Gasteiger partial charge is 0.512 e. The summed E-state index contributed by atoms with van der Waals surface area (Å²) in [5.41, 5.74) is 0.338. The Bertz CT molecular complexity index is 528. The van der Waals surface area contributed by atoms with E-state index in [-0.39, 0.29) is 11.3 Å². The summed E-state index contributed by atoms with van der Waals surface area (Å²) in [6, 6.07) is 0. The topological polar surface area (TPSA) is 49.3 Å². The lowest BCUT2D eigenvalue weighted by molar-refractivity contribution is -0.121. The lowest BCUT2D eigenvalue weighted by Gasteiger charge is -2.58. The third-order valence-corrected chi connectivity index (χ3v) is 8.04. The van der Waals surface area contributed by atoms with Crippen molar-refractivity contribution in [2.24, 2.45) is 34.5 Å². The Morgan fingerprint density at radius 3 is 2.82 bits per heavy atom. The number of amides is 1. The van der Waals surface area contributed by atoms with E-state index in [4.69, 9.17) is 0 Å². The first-order valence-electron chi connectivity index (χ1n) is 9.11. The molecule has 0 aromatic rings. The lowest BCUT2D eigenvalue weighted by atomic mass is 9.47. The highest BCUT2D eigenvalue weighted by Gasteiger charge is 2.58. The first-order chi connectivity index (χ1) is 10.4. The molecule has 3 heteroatoms. The van der Waals surface area contributed by atoms with Gasteiger partial charge in [-0.15, -0.1) is 0 Å². The standard InChI is InChI=1S/C19H29NO2/c1-18-10-8-17(22)20-11-12(18)3-4-13-14-5-6-16(21)19(14,2)9-7-15(13)18/h6,12-15,21H,3-5,7-11H2,1-2H3,(H,20,22)/t12-,13-,14-,15-,18-,19-/m0/s1. The Morgan fingerprint density at radius 2 is 2.00 bits per heavy atom. The molecule has 0 bridgehead atoms. The first-order valence-corrected chi connectivity index (χ1v) is 9.11. The zero-order chi connectivity index (χ0) is 15.5. The maximum atomic E-state index is 11.9. The number of aliphatic hydroxyl groups is 1. The number of allylic oxidation sites excluding steroid dienone is 2. The van der Waals surface area contributed by atoms with Gasteiger partial charge in [0.05, 0.1) is 5.76 Å². The second kappa shape index (κ2) is 4.75. The van der Waals surface area contributed by atoms with Gasteiger partial charge in [0.1, 0.15) is 0 Å². The molecule has 3 fully saturated rings. The predicted molar refractivity (Wildman–Crippen MR) is 86.2 cm³/mol. The molecule has 22 heavy (non-hydrogen) atoms. The summed E-state index contributed by atoms with van der Waals surface area (Å²) in [6.45, 7) is 5.61. The average Bonchev–Trinajstić information content (AvgIpc) is 2.70. The number of carbonyl (C=O) groups is 1. The summed E-state index contributed by atoms with van der Waals surface area (Å²) in [7, 11) is 0. The molecular formula is C19H29NO2. The number of hydrogen-bond acceptors (Lipinski definition) is 2. The van der Waals surface area contributed by atoms with E-state index in [1.807, 2.05) is 0 Å². The number of aliphatic hydroxyl groups excluding tert-OH is 1. The van der Waals surface area contributed by atoms with E-state index < -0.39 is 0 Å². The number of hydrogen-bond donors (Lipinski definition) is 2. The molecule has 1 amide bonds. The number of rotatable bonds is 0. The minimum absolute atomic E-state index is 0.0309. The molecule has 0 aromatic heterocycles. The fraction of sp³-hybridized carbons (Fsp3) is 0.842. The van der Waals surface area contributed by atoms with Gasteiger partial charge >= 0.3 is 0 Å². The highest BCUT2D eigenvalue weighted by Crippen LogP contribution is 2.64. The summed E-state index contributed by atoms with van der Waals surface area (Å²) < 4.78 is 0. The molecule has 3 aliphatic carbocycles. The third-order valence-electron chi connectivity index (χ3n) is 8.04. The SMILES string of the molecule is C[C@]12CCC(=O)NC[C@@H]1CC[C@@H]1[C@@H]2CC[C@]2(C)C(O)=CC[C@@H]12. The highest BCUT2D eigenvalue weighted by atomic mass is 16.3. The van der Waals surface area contributed by atoms with Crippen LogP contribution in [0.3, 0.4) is 0 Å². The van der Waals surface area contributed by atoms with Crippen LogP contribution >= 0.6 is 0 Å². The van der Waals surface area contributed by atoms with Crippen molar-refractivity contribution < 1.29 is 9.90 Å². The molecule has 4 aliphatic rings. The van der Waals surface area contributed by atoms with Gasteiger partial charge in [0.2, 0.25) is 5.91 Å². The zero-order valence-corrected chi connectivity index (χ0v) is 13.9. The molecule has 0 spiro atoms. The molecule has 2 N–H and O–H groups in total. The normalized spacial score (nSPS) is 51.0.